The first-order valence-electron chi connectivity index (χ1n) is 9.66. The van der Waals surface area contributed by atoms with Gasteiger partial charge in [0.05, 0.1) is 24.9 Å². The van der Waals surface area contributed by atoms with E-state index in [1.807, 2.05) is 41.8 Å². The fourth-order valence-corrected chi connectivity index (χ4v) is 3.59. The predicted molar refractivity (Wildman–Crippen MR) is 106 cm³/mol. The monoisotopic (exact) mass is 370 g/mol. The molecule has 146 valence electrons. The molecule has 0 radical (unpaired) electrons. The topological polar surface area (TPSA) is 59.4 Å². The number of aromatic nitrogens is 2. The molecule has 6 heteroatoms. The minimum atomic E-state index is 0.0325. The van der Waals surface area contributed by atoms with Crippen molar-refractivity contribution >= 4 is 5.91 Å². The quantitative estimate of drug-likeness (QED) is 0.774. The number of nitrogens with one attached hydrogen (secondary N) is 1. The second-order valence-corrected chi connectivity index (χ2v) is 7.40. The number of likely N-dealkylation sites (N-methyl/N-ethyl adjacent to an activating group) is 1. The summed E-state index contributed by atoms with van der Waals surface area (Å²) in [6.45, 7) is 7.35. The fourth-order valence-electron chi connectivity index (χ4n) is 3.59. The Morgan fingerprint density at radius 1 is 1.33 bits per heavy atom. The zero-order valence-electron chi connectivity index (χ0n) is 16.6. The van der Waals surface area contributed by atoms with Gasteiger partial charge in [-0.05, 0) is 39.3 Å². The van der Waals surface area contributed by atoms with Crippen molar-refractivity contribution in [3.63, 3.8) is 0 Å². The van der Waals surface area contributed by atoms with Gasteiger partial charge < -0.3 is 10.1 Å². The van der Waals surface area contributed by atoms with Crippen LogP contribution in [0.2, 0.25) is 0 Å². The molecular formula is C21H30N4O2. The molecule has 1 unspecified atom stereocenters. The Kier molecular flexibility index (Phi) is 6.63. The van der Waals surface area contributed by atoms with E-state index in [-0.39, 0.29) is 12.0 Å². The van der Waals surface area contributed by atoms with E-state index in [9.17, 15) is 4.79 Å². The van der Waals surface area contributed by atoms with Gasteiger partial charge in [0.1, 0.15) is 0 Å². The molecule has 1 atom stereocenters. The zero-order valence-corrected chi connectivity index (χ0v) is 16.6. The van der Waals surface area contributed by atoms with E-state index in [0.717, 1.165) is 49.5 Å². The average Bonchev–Trinajstić information content (AvgIpc) is 3.23. The summed E-state index contributed by atoms with van der Waals surface area (Å²) < 4.78 is 7.64. The van der Waals surface area contributed by atoms with Gasteiger partial charge in [-0.15, -0.1) is 0 Å². The molecule has 1 aromatic carbocycles. The zero-order chi connectivity index (χ0) is 19.2. The molecular weight excluding hydrogens is 340 g/mol. The number of ether oxygens (including phenoxy) is 1. The number of hydrogen-bond donors (Lipinski definition) is 1. The second-order valence-electron chi connectivity index (χ2n) is 7.40. The van der Waals surface area contributed by atoms with Gasteiger partial charge in [0, 0.05) is 31.0 Å². The van der Waals surface area contributed by atoms with E-state index in [2.05, 4.69) is 29.5 Å². The second kappa shape index (κ2) is 9.15. The Hall–Kier alpha value is -2.18. The number of benzene rings is 1. The average molecular weight is 370 g/mol. The minimum absolute atomic E-state index is 0.0325. The molecule has 27 heavy (non-hydrogen) atoms. The van der Waals surface area contributed by atoms with Crippen LogP contribution in [0.1, 0.15) is 35.4 Å². The van der Waals surface area contributed by atoms with E-state index in [1.165, 1.54) is 5.56 Å². The Balaban J connectivity index is 1.52. The van der Waals surface area contributed by atoms with Gasteiger partial charge in [-0.3, -0.25) is 14.4 Å². The molecule has 0 bridgehead atoms. The van der Waals surface area contributed by atoms with Crippen molar-refractivity contribution < 1.29 is 9.53 Å². The molecule has 1 aliphatic heterocycles. The third-order valence-electron chi connectivity index (χ3n) is 5.12. The minimum Gasteiger partial charge on any atom is -0.377 e. The van der Waals surface area contributed by atoms with Crippen molar-refractivity contribution in [3.8, 4) is 0 Å². The van der Waals surface area contributed by atoms with Gasteiger partial charge in [-0.2, -0.15) is 5.10 Å². The molecule has 6 nitrogen and oxygen atoms in total. The molecule has 1 aromatic heterocycles. The van der Waals surface area contributed by atoms with E-state index >= 15 is 0 Å². The van der Waals surface area contributed by atoms with Crippen molar-refractivity contribution in [3.05, 3.63) is 52.8 Å². The molecule has 1 saturated heterocycles. The van der Waals surface area contributed by atoms with Gasteiger partial charge in [0.25, 0.3) is 0 Å². The maximum Gasteiger partial charge on any atom is 0.234 e. The molecule has 1 N–H and O–H groups in total. The summed E-state index contributed by atoms with van der Waals surface area (Å²) in [5.41, 5.74) is 4.39. The SMILES string of the molecule is Cc1nn(Cc2ccccc2)c(C)c1CNC(=O)CN(C)CC1CCCO1. The number of amides is 1. The van der Waals surface area contributed by atoms with E-state index in [4.69, 9.17) is 4.74 Å². The molecule has 2 heterocycles. The first-order valence-corrected chi connectivity index (χ1v) is 9.66. The highest BCUT2D eigenvalue weighted by Gasteiger charge is 2.19. The molecule has 1 fully saturated rings. The van der Waals surface area contributed by atoms with Crippen LogP contribution in [0.15, 0.2) is 30.3 Å². The highest BCUT2D eigenvalue weighted by atomic mass is 16.5. The number of hydrogen-bond acceptors (Lipinski definition) is 4. The van der Waals surface area contributed by atoms with Crippen LogP contribution < -0.4 is 5.32 Å². The van der Waals surface area contributed by atoms with Crippen LogP contribution in [0, 0.1) is 13.8 Å². The normalized spacial score (nSPS) is 16.8. The van der Waals surface area contributed by atoms with Gasteiger partial charge in [0.15, 0.2) is 0 Å². The van der Waals surface area contributed by atoms with Crippen LogP contribution in [0.4, 0.5) is 0 Å². The van der Waals surface area contributed by atoms with Crippen molar-refractivity contribution in [1.29, 1.82) is 0 Å². The van der Waals surface area contributed by atoms with Gasteiger partial charge in [0.2, 0.25) is 5.91 Å². The molecule has 0 aliphatic carbocycles. The van der Waals surface area contributed by atoms with Crippen LogP contribution in [-0.4, -0.2) is 53.4 Å². The highest BCUT2D eigenvalue weighted by molar-refractivity contribution is 5.78. The molecule has 0 saturated carbocycles. The Labute approximate surface area is 161 Å². The van der Waals surface area contributed by atoms with Gasteiger partial charge in [-0.1, -0.05) is 30.3 Å². The lowest BCUT2D eigenvalue weighted by Crippen LogP contribution is -2.38. The molecule has 1 amide bonds. The van der Waals surface area contributed by atoms with Crippen molar-refractivity contribution in [1.82, 2.24) is 20.0 Å². The smallest absolute Gasteiger partial charge is 0.234 e. The molecule has 1 aliphatic rings. The Morgan fingerprint density at radius 2 is 2.11 bits per heavy atom. The Morgan fingerprint density at radius 3 is 2.81 bits per heavy atom. The van der Waals surface area contributed by atoms with Gasteiger partial charge >= 0.3 is 0 Å². The highest BCUT2D eigenvalue weighted by Crippen LogP contribution is 2.15. The van der Waals surface area contributed by atoms with Crippen molar-refractivity contribution in [2.24, 2.45) is 0 Å². The lowest BCUT2D eigenvalue weighted by atomic mass is 10.2. The molecule has 0 spiro atoms. The number of nitrogens with zero attached hydrogens (tertiary/aromatic N) is 3. The maximum absolute atomic E-state index is 12.3. The summed E-state index contributed by atoms with van der Waals surface area (Å²) in [7, 11) is 1.97. The number of aryl methyl sites for hydroxylation is 1. The summed E-state index contributed by atoms with van der Waals surface area (Å²) in [6.07, 6.45) is 2.48. The van der Waals surface area contributed by atoms with Crippen molar-refractivity contribution in [2.45, 2.75) is 45.9 Å². The third kappa shape index (κ3) is 5.40. The largest absolute Gasteiger partial charge is 0.377 e. The summed E-state index contributed by atoms with van der Waals surface area (Å²) in [6, 6.07) is 10.3. The lowest BCUT2D eigenvalue weighted by molar-refractivity contribution is -0.122. The first-order chi connectivity index (χ1) is 13.0. The predicted octanol–water partition coefficient (Wildman–Crippen LogP) is 2.28. The van der Waals surface area contributed by atoms with Crippen LogP contribution in [0.25, 0.3) is 0 Å². The van der Waals surface area contributed by atoms with Crippen LogP contribution in [0.5, 0.6) is 0 Å². The van der Waals surface area contributed by atoms with E-state index in [1.54, 1.807) is 0 Å². The van der Waals surface area contributed by atoms with Gasteiger partial charge in [-0.25, -0.2) is 0 Å². The molecule has 3 rings (SSSR count). The third-order valence-corrected chi connectivity index (χ3v) is 5.12. The summed E-state index contributed by atoms with van der Waals surface area (Å²) >= 11 is 0. The number of carbonyl (C=O) groups is 1. The van der Waals surface area contributed by atoms with Crippen LogP contribution >= 0.6 is 0 Å². The summed E-state index contributed by atoms with van der Waals surface area (Å²) in [5.74, 6) is 0.0325. The lowest BCUT2D eigenvalue weighted by Gasteiger charge is -2.19. The maximum atomic E-state index is 12.3. The standard InChI is InChI=1S/C21H30N4O2/c1-16-20(17(2)25(23-16)13-18-8-5-4-6-9-18)12-22-21(26)15-24(3)14-19-10-7-11-27-19/h4-6,8-9,19H,7,10-15H2,1-3H3,(H,22,26). The fraction of sp³-hybridized carbons (Fsp3) is 0.524. The van der Waals surface area contributed by atoms with Crippen molar-refractivity contribution in [2.75, 3.05) is 26.7 Å². The summed E-state index contributed by atoms with van der Waals surface area (Å²) in [4.78, 5) is 14.3. The van der Waals surface area contributed by atoms with E-state index in [0.29, 0.717) is 13.1 Å². The first kappa shape index (κ1) is 19.6. The molecule has 2 aromatic rings. The Bertz CT molecular complexity index is 751. The van der Waals surface area contributed by atoms with E-state index < -0.39 is 0 Å². The number of carbonyl (C=O) groups excluding carboxylic acids is 1. The van der Waals surface area contributed by atoms with Crippen LogP contribution in [-0.2, 0) is 22.6 Å². The summed E-state index contributed by atoms with van der Waals surface area (Å²) in [5, 5.41) is 7.69. The number of rotatable bonds is 8. The van der Waals surface area contributed by atoms with Crippen LogP contribution in [0.3, 0.4) is 0 Å².